The van der Waals surface area contributed by atoms with E-state index in [0.717, 1.165) is 22.3 Å². The van der Waals surface area contributed by atoms with Crippen LogP contribution in [0.25, 0.3) is 11.1 Å². The molecule has 3 aromatic rings. The van der Waals surface area contributed by atoms with Gasteiger partial charge >= 0.3 is 6.09 Å². The molecule has 0 unspecified atom stereocenters. The zero-order chi connectivity index (χ0) is 25.3. The molecule has 9 heteroatoms. The molecule has 0 radical (unpaired) electrons. The van der Waals surface area contributed by atoms with Crippen LogP contribution >= 0.6 is 23.2 Å². The quantitative estimate of drug-likeness (QED) is 0.496. The number of nitrogens with zero attached hydrogens (tertiary/aromatic N) is 3. The Morgan fingerprint density at radius 2 is 1.83 bits per heavy atom. The van der Waals surface area contributed by atoms with E-state index in [1.807, 2.05) is 31.6 Å². The van der Waals surface area contributed by atoms with E-state index < -0.39 is 17.7 Å². The molecule has 0 saturated heterocycles. The summed E-state index contributed by atoms with van der Waals surface area (Å²) in [5, 5.41) is 7.93. The molecule has 2 aromatic carbocycles. The van der Waals surface area contributed by atoms with Gasteiger partial charge < -0.3 is 15.0 Å². The lowest BCUT2D eigenvalue weighted by Gasteiger charge is -2.26. The number of carbonyl (C=O) groups excluding carboxylic acids is 2. The first kappa shape index (κ1) is 25.1. The van der Waals surface area contributed by atoms with Crippen molar-refractivity contribution in [3.05, 3.63) is 75.5 Å². The molecule has 1 aliphatic heterocycles. The fourth-order valence-electron chi connectivity index (χ4n) is 4.08. The number of amides is 2. The number of rotatable bonds is 5. The molecule has 35 heavy (non-hydrogen) atoms. The van der Waals surface area contributed by atoms with Gasteiger partial charge in [-0.25, -0.2) is 4.79 Å². The second-order valence-corrected chi connectivity index (χ2v) is 10.6. The Bertz CT molecular complexity index is 1270. The van der Waals surface area contributed by atoms with Crippen LogP contribution in [-0.2, 0) is 36.1 Å². The SMILES string of the molecule is Cn1cc(-c2ccc3c(c2)CN(C(=O)[C@@H](Cc2ccc(Cl)cc2Cl)NC(=O)OC(C)(C)C)C3)cn1. The molecule has 1 N–H and O–H groups in total. The first-order valence-electron chi connectivity index (χ1n) is 11.3. The Morgan fingerprint density at radius 1 is 1.09 bits per heavy atom. The van der Waals surface area contributed by atoms with Crippen molar-refractivity contribution < 1.29 is 14.3 Å². The van der Waals surface area contributed by atoms with Gasteiger partial charge in [0.05, 0.1) is 6.20 Å². The molecule has 0 fully saturated rings. The molecule has 1 aliphatic rings. The minimum Gasteiger partial charge on any atom is -0.444 e. The first-order chi connectivity index (χ1) is 16.5. The van der Waals surface area contributed by atoms with Gasteiger partial charge in [-0.1, -0.05) is 41.4 Å². The van der Waals surface area contributed by atoms with Gasteiger partial charge in [-0.2, -0.15) is 5.10 Å². The largest absolute Gasteiger partial charge is 0.444 e. The molecular weight excluding hydrogens is 487 g/mol. The number of aromatic nitrogens is 2. The van der Waals surface area contributed by atoms with Gasteiger partial charge in [0.2, 0.25) is 5.91 Å². The summed E-state index contributed by atoms with van der Waals surface area (Å²) in [5.74, 6) is -0.207. The second-order valence-electron chi connectivity index (χ2n) is 9.72. The van der Waals surface area contributed by atoms with Crippen molar-refractivity contribution in [2.24, 2.45) is 7.05 Å². The van der Waals surface area contributed by atoms with Crippen molar-refractivity contribution >= 4 is 35.2 Å². The number of hydrogen-bond donors (Lipinski definition) is 1. The molecule has 1 aromatic heterocycles. The van der Waals surface area contributed by atoms with Crippen molar-refractivity contribution in [1.82, 2.24) is 20.0 Å². The summed E-state index contributed by atoms with van der Waals surface area (Å²) in [5.41, 5.74) is 4.22. The van der Waals surface area contributed by atoms with Crippen molar-refractivity contribution in [3.8, 4) is 11.1 Å². The minimum atomic E-state index is -0.851. The van der Waals surface area contributed by atoms with Crippen molar-refractivity contribution in [2.45, 2.75) is 51.9 Å². The second kappa shape index (κ2) is 9.91. The number of halogens is 2. The van der Waals surface area contributed by atoms with Crippen LogP contribution in [0, 0.1) is 0 Å². The van der Waals surface area contributed by atoms with Gasteiger partial charge in [0, 0.05) is 48.4 Å². The Balaban J connectivity index is 1.54. The van der Waals surface area contributed by atoms with Gasteiger partial charge in [0.25, 0.3) is 0 Å². The predicted molar refractivity (Wildman–Crippen MR) is 136 cm³/mol. The minimum absolute atomic E-state index is 0.207. The first-order valence-corrected chi connectivity index (χ1v) is 12.1. The standard InChI is InChI=1S/C26H28Cl2N4O3/c1-26(2,3)35-25(34)30-23(10-17-7-8-21(27)11-22(17)28)24(33)32-14-18-6-5-16(9-19(18)15-32)20-12-29-31(4)13-20/h5-9,11-13,23H,10,14-15H2,1-4H3,(H,30,34)/t23-/m1/s1. The average molecular weight is 515 g/mol. The topological polar surface area (TPSA) is 76.5 Å². The highest BCUT2D eigenvalue weighted by Crippen LogP contribution is 2.29. The third-order valence-electron chi connectivity index (χ3n) is 5.71. The fourth-order valence-corrected chi connectivity index (χ4v) is 4.56. The highest BCUT2D eigenvalue weighted by molar-refractivity contribution is 6.35. The van der Waals surface area contributed by atoms with E-state index in [1.54, 1.807) is 48.6 Å². The van der Waals surface area contributed by atoms with Crippen LogP contribution in [0.3, 0.4) is 0 Å². The van der Waals surface area contributed by atoms with Gasteiger partial charge in [-0.05, 0) is 61.2 Å². The van der Waals surface area contributed by atoms with E-state index in [0.29, 0.717) is 28.7 Å². The molecule has 0 saturated carbocycles. The molecule has 0 bridgehead atoms. The number of nitrogens with one attached hydrogen (secondary N) is 1. The number of fused-ring (bicyclic) bond motifs is 1. The third kappa shape index (κ3) is 6.16. The third-order valence-corrected chi connectivity index (χ3v) is 6.29. The molecule has 4 rings (SSSR count). The predicted octanol–water partition coefficient (Wildman–Crippen LogP) is 5.37. The van der Waals surface area contributed by atoms with E-state index in [2.05, 4.69) is 16.5 Å². The lowest BCUT2D eigenvalue weighted by molar-refractivity contribution is -0.134. The molecule has 1 atom stereocenters. The molecule has 2 heterocycles. The molecule has 7 nitrogen and oxygen atoms in total. The summed E-state index contributed by atoms with van der Waals surface area (Å²) in [6.45, 7) is 6.23. The summed E-state index contributed by atoms with van der Waals surface area (Å²) >= 11 is 12.4. The van der Waals surface area contributed by atoms with Crippen LogP contribution in [0.2, 0.25) is 10.0 Å². The maximum Gasteiger partial charge on any atom is 0.408 e. The van der Waals surface area contributed by atoms with Crippen LogP contribution in [0.1, 0.15) is 37.5 Å². The van der Waals surface area contributed by atoms with Crippen LogP contribution < -0.4 is 5.32 Å². The fraction of sp³-hybridized carbons (Fsp3) is 0.346. The van der Waals surface area contributed by atoms with Gasteiger partial charge in [0.1, 0.15) is 11.6 Å². The number of hydrogen-bond acceptors (Lipinski definition) is 4. The molecule has 184 valence electrons. The zero-order valence-corrected chi connectivity index (χ0v) is 21.7. The number of benzene rings is 2. The van der Waals surface area contributed by atoms with Gasteiger partial charge in [-0.3, -0.25) is 9.48 Å². The summed E-state index contributed by atoms with van der Waals surface area (Å²) in [4.78, 5) is 27.9. The zero-order valence-electron chi connectivity index (χ0n) is 20.1. The van der Waals surface area contributed by atoms with E-state index >= 15 is 0 Å². The van der Waals surface area contributed by atoms with E-state index in [1.165, 1.54) is 0 Å². The maximum absolute atomic E-state index is 13.6. The lowest BCUT2D eigenvalue weighted by Crippen LogP contribution is -2.49. The highest BCUT2D eigenvalue weighted by Gasteiger charge is 2.32. The molecule has 0 spiro atoms. The Hall–Kier alpha value is -3.03. The number of alkyl carbamates (subject to hydrolysis) is 1. The van der Waals surface area contributed by atoms with Crippen molar-refractivity contribution in [1.29, 1.82) is 0 Å². The maximum atomic E-state index is 13.6. The smallest absolute Gasteiger partial charge is 0.408 e. The summed E-state index contributed by atoms with van der Waals surface area (Å²) in [6, 6.07) is 10.4. The van der Waals surface area contributed by atoms with E-state index in [9.17, 15) is 9.59 Å². The molecular formula is C26H28Cl2N4O3. The van der Waals surface area contributed by atoms with Gasteiger partial charge in [-0.15, -0.1) is 0 Å². The van der Waals surface area contributed by atoms with E-state index in [4.69, 9.17) is 27.9 Å². The van der Waals surface area contributed by atoms with Crippen LogP contribution in [0.5, 0.6) is 0 Å². The molecule has 0 aliphatic carbocycles. The lowest BCUT2D eigenvalue weighted by atomic mass is 10.0. The molecule has 2 amide bonds. The Morgan fingerprint density at radius 3 is 2.49 bits per heavy atom. The summed E-state index contributed by atoms with van der Waals surface area (Å²) < 4.78 is 7.17. The van der Waals surface area contributed by atoms with Gasteiger partial charge in [0.15, 0.2) is 0 Å². The summed E-state index contributed by atoms with van der Waals surface area (Å²) in [7, 11) is 1.88. The monoisotopic (exact) mass is 514 g/mol. The Kier molecular flexibility index (Phi) is 7.10. The average Bonchev–Trinajstić information content (AvgIpc) is 3.38. The van der Waals surface area contributed by atoms with Crippen LogP contribution in [-0.4, -0.2) is 38.3 Å². The van der Waals surface area contributed by atoms with Crippen LogP contribution in [0.15, 0.2) is 48.8 Å². The number of carbonyl (C=O) groups is 2. The van der Waals surface area contributed by atoms with E-state index in [-0.39, 0.29) is 12.3 Å². The van der Waals surface area contributed by atoms with Crippen molar-refractivity contribution in [2.75, 3.05) is 0 Å². The number of aryl methyl sites for hydroxylation is 1. The highest BCUT2D eigenvalue weighted by atomic mass is 35.5. The number of ether oxygens (including phenoxy) is 1. The normalized spacial score (nSPS) is 13.9. The van der Waals surface area contributed by atoms with Crippen molar-refractivity contribution in [3.63, 3.8) is 0 Å². The Labute approximate surface area is 215 Å². The summed E-state index contributed by atoms with van der Waals surface area (Å²) in [6.07, 6.45) is 3.32. The van der Waals surface area contributed by atoms with Crippen LogP contribution in [0.4, 0.5) is 4.79 Å².